The van der Waals surface area contributed by atoms with Gasteiger partial charge in [0.25, 0.3) is 5.91 Å². The summed E-state index contributed by atoms with van der Waals surface area (Å²) in [4.78, 5) is 19.2. The second kappa shape index (κ2) is 8.70. The lowest BCUT2D eigenvalue weighted by molar-refractivity contribution is 0.0689. The number of carbonyl (C=O) groups is 1. The maximum atomic E-state index is 13.5. The number of hydrogen-bond donors (Lipinski definition) is 0. The minimum atomic E-state index is -0.358. The van der Waals surface area contributed by atoms with Crippen LogP contribution >= 0.6 is 0 Å². The van der Waals surface area contributed by atoms with Crippen molar-refractivity contribution in [2.24, 2.45) is 0 Å². The zero-order valence-corrected chi connectivity index (χ0v) is 17.3. The molecule has 162 valence electrons. The number of halogens is 1. The van der Waals surface area contributed by atoms with Crippen LogP contribution in [0, 0.1) is 5.82 Å². The molecule has 4 aromatic rings. The van der Waals surface area contributed by atoms with Crippen molar-refractivity contribution in [3.8, 4) is 11.4 Å². The van der Waals surface area contributed by atoms with Gasteiger partial charge >= 0.3 is 0 Å². The number of rotatable bonds is 5. The van der Waals surface area contributed by atoms with Gasteiger partial charge in [-0.25, -0.2) is 9.07 Å². The Morgan fingerprint density at radius 2 is 2.03 bits per heavy atom. The van der Waals surface area contributed by atoms with Gasteiger partial charge in [-0.15, -0.1) is 5.10 Å². The van der Waals surface area contributed by atoms with Gasteiger partial charge in [0.15, 0.2) is 5.69 Å². The van der Waals surface area contributed by atoms with Crippen LogP contribution in [-0.4, -0.2) is 49.0 Å². The van der Waals surface area contributed by atoms with Crippen molar-refractivity contribution in [3.05, 3.63) is 83.8 Å². The van der Waals surface area contributed by atoms with Crippen molar-refractivity contribution in [1.82, 2.24) is 30.0 Å². The summed E-state index contributed by atoms with van der Waals surface area (Å²) in [7, 11) is 0. The molecule has 32 heavy (non-hydrogen) atoms. The Morgan fingerprint density at radius 1 is 1.16 bits per heavy atom. The molecule has 1 aliphatic heterocycles. The number of carbonyl (C=O) groups excluding carboxylic acids is 1. The minimum Gasteiger partial charge on any atom is -0.339 e. The van der Waals surface area contributed by atoms with E-state index >= 15 is 0 Å². The predicted octanol–water partition coefficient (Wildman–Crippen LogP) is 3.54. The standard InChI is InChI=1S/C23H21FN6O2/c24-19-10-4-8-17(12-19)21-25-22(32-27-21)18-9-5-11-29(14-18)23(31)20-15-30(28-26-20)13-16-6-2-1-3-7-16/h1-4,6-8,10,12,15,18H,5,9,11,13-14H2. The summed E-state index contributed by atoms with van der Waals surface area (Å²) in [5.41, 5.74) is 1.95. The Hall–Kier alpha value is -3.88. The molecule has 1 aliphatic rings. The third-order valence-electron chi connectivity index (χ3n) is 5.53. The van der Waals surface area contributed by atoms with Gasteiger partial charge in [0.2, 0.25) is 11.7 Å². The number of aromatic nitrogens is 5. The van der Waals surface area contributed by atoms with E-state index in [1.165, 1.54) is 12.1 Å². The van der Waals surface area contributed by atoms with E-state index in [-0.39, 0.29) is 17.6 Å². The van der Waals surface area contributed by atoms with E-state index in [0.29, 0.717) is 42.6 Å². The molecule has 0 bridgehead atoms. The summed E-state index contributed by atoms with van der Waals surface area (Å²) in [5.74, 6) is 0.186. The van der Waals surface area contributed by atoms with Crippen molar-refractivity contribution in [1.29, 1.82) is 0 Å². The van der Waals surface area contributed by atoms with Crippen LogP contribution in [0.3, 0.4) is 0 Å². The SMILES string of the molecule is O=C(c1cn(Cc2ccccc2)nn1)N1CCCC(c2nc(-c3cccc(F)c3)no2)C1. The second-order valence-corrected chi connectivity index (χ2v) is 7.84. The lowest BCUT2D eigenvalue weighted by atomic mass is 9.97. The largest absolute Gasteiger partial charge is 0.339 e. The van der Waals surface area contributed by atoms with Gasteiger partial charge in [0, 0.05) is 18.7 Å². The summed E-state index contributed by atoms with van der Waals surface area (Å²) in [6.45, 7) is 1.63. The maximum Gasteiger partial charge on any atom is 0.276 e. The Balaban J connectivity index is 1.27. The highest BCUT2D eigenvalue weighted by atomic mass is 19.1. The smallest absolute Gasteiger partial charge is 0.276 e. The monoisotopic (exact) mass is 432 g/mol. The zero-order valence-electron chi connectivity index (χ0n) is 17.3. The predicted molar refractivity (Wildman–Crippen MR) is 113 cm³/mol. The van der Waals surface area contributed by atoms with Crippen LogP contribution in [0.2, 0.25) is 0 Å². The van der Waals surface area contributed by atoms with Gasteiger partial charge in [0.1, 0.15) is 5.82 Å². The summed E-state index contributed by atoms with van der Waals surface area (Å²) in [6.07, 6.45) is 3.31. The highest BCUT2D eigenvalue weighted by Crippen LogP contribution is 2.28. The molecule has 2 aromatic heterocycles. The van der Waals surface area contributed by atoms with Crippen LogP contribution in [0.25, 0.3) is 11.4 Å². The number of piperidine rings is 1. The fourth-order valence-electron chi connectivity index (χ4n) is 3.92. The fourth-order valence-corrected chi connectivity index (χ4v) is 3.92. The van der Waals surface area contributed by atoms with Gasteiger partial charge < -0.3 is 9.42 Å². The number of amides is 1. The van der Waals surface area contributed by atoms with Crippen LogP contribution < -0.4 is 0 Å². The third kappa shape index (κ3) is 4.27. The molecule has 0 radical (unpaired) electrons. The van der Waals surface area contributed by atoms with Crippen LogP contribution in [0.1, 0.15) is 40.7 Å². The van der Waals surface area contributed by atoms with E-state index in [1.54, 1.807) is 27.9 Å². The summed E-state index contributed by atoms with van der Waals surface area (Å²) in [5, 5.41) is 12.2. The van der Waals surface area contributed by atoms with E-state index in [2.05, 4.69) is 20.5 Å². The van der Waals surface area contributed by atoms with Crippen molar-refractivity contribution in [3.63, 3.8) is 0 Å². The average molecular weight is 432 g/mol. The molecule has 5 rings (SSSR count). The first-order chi connectivity index (χ1) is 15.7. The number of likely N-dealkylation sites (tertiary alicyclic amines) is 1. The summed E-state index contributed by atoms with van der Waals surface area (Å²) in [6, 6.07) is 15.9. The molecule has 0 aliphatic carbocycles. The molecule has 1 saturated heterocycles. The molecule has 1 unspecified atom stereocenters. The highest BCUT2D eigenvalue weighted by molar-refractivity contribution is 5.92. The molecule has 2 aromatic carbocycles. The molecular formula is C23H21FN6O2. The highest BCUT2D eigenvalue weighted by Gasteiger charge is 2.30. The second-order valence-electron chi connectivity index (χ2n) is 7.84. The van der Waals surface area contributed by atoms with Crippen molar-refractivity contribution >= 4 is 5.91 Å². The molecule has 0 saturated carbocycles. The van der Waals surface area contributed by atoms with Gasteiger partial charge in [0.05, 0.1) is 18.7 Å². The fraction of sp³-hybridized carbons (Fsp3) is 0.261. The summed E-state index contributed by atoms with van der Waals surface area (Å²) < 4.78 is 20.6. The average Bonchev–Trinajstić information content (AvgIpc) is 3.50. The molecule has 1 amide bonds. The van der Waals surface area contributed by atoms with Crippen LogP contribution in [0.5, 0.6) is 0 Å². The van der Waals surface area contributed by atoms with Crippen molar-refractivity contribution < 1.29 is 13.7 Å². The first kappa shape index (κ1) is 20.0. The Labute approximate surface area is 183 Å². The van der Waals surface area contributed by atoms with Crippen LogP contribution in [0.15, 0.2) is 65.3 Å². The maximum absolute atomic E-state index is 13.5. The number of nitrogens with zero attached hydrogens (tertiary/aromatic N) is 6. The van der Waals surface area contributed by atoms with E-state index in [1.807, 2.05) is 30.3 Å². The molecule has 3 heterocycles. The van der Waals surface area contributed by atoms with Crippen LogP contribution in [0.4, 0.5) is 4.39 Å². The molecule has 0 spiro atoms. The Morgan fingerprint density at radius 3 is 2.88 bits per heavy atom. The van der Waals surface area contributed by atoms with Gasteiger partial charge in [-0.2, -0.15) is 4.98 Å². The molecule has 1 atom stereocenters. The molecule has 0 N–H and O–H groups in total. The molecule has 9 heteroatoms. The third-order valence-corrected chi connectivity index (χ3v) is 5.53. The first-order valence-corrected chi connectivity index (χ1v) is 10.5. The van der Waals surface area contributed by atoms with Gasteiger partial charge in [-0.05, 0) is 30.5 Å². The van der Waals surface area contributed by atoms with E-state index in [9.17, 15) is 9.18 Å². The first-order valence-electron chi connectivity index (χ1n) is 10.5. The minimum absolute atomic E-state index is 0.0816. The van der Waals surface area contributed by atoms with Crippen molar-refractivity contribution in [2.45, 2.75) is 25.3 Å². The molecular weight excluding hydrogens is 411 g/mol. The quantitative estimate of drug-likeness (QED) is 0.479. The van der Waals surface area contributed by atoms with Gasteiger partial charge in [-0.1, -0.05) is 52.8 Å². The van der Waals surface area contributed by atoms with E-state index < -0.39 is 0 Å². The molecule has 8 nitrogen and oxygen atoms in total. The van der Waals surface area contributed by atoms with Crippen molar-refractivity contribution in [2.75, 3.05) is 13.1 Å². The summed E-state index contributed by atoms with van der Waals surface area (Å²) >= 11 is 0. The number of benzene rings is 2. The molecule has 1 fully saturated rings. The van der Waals surface area contributed by atoms with Gasteiger partial charge in [-0.3, -0.25) is 4.79 Å². The number of hydrogen-bond acceptors (Lipinski definition) is 6. The van der Waals surface area contributed by atoms with Crippen LogP contribution in [-0.2, 0) is 6.54 Å². The van der Waals surface area contributed by atoms with E-state index in [0.717, 1.165) is 18.4 Å². The topological polar surface area (TPSA) is 89.9 Å². The normalized spacial score (nSPS) is 16.3. The van der Waals surface area contributed by atoms with E-state index in [4.69, 9.17) is 4.52 Å². The Bertz CT molecular complexity index is 1220. The Kier molecular flexibility index (Phi) is 5.45. The zero-order chi connectivity index (χ0) is 21.9. The lowest BCUT2D eigenvalue weighted by Crippen LogP contribution is -2.39. The lowest BCUT2D eigenvalue weighted by Gasteiger charge is -2.30.